The summed E-state index contributed by atoms with van der Waals surface area (Å²) in [7, 11) is 0. The Morgan fingerprint density at radius 3 is 2.27 bits per heavy atom. The standard InChI is InChI=1S/C18H34N2O2/c1-4-19-11-13-20(14-12-19)18(21)10-7-16-5-8-17(9-6-16)22-15(2)3/h15-17H,4-14H2,1-3H3/t16-,17+. The van der Waals surface area contributed by atoms with Crippen molar-refractivity contribution in [3.05, 3.63) is 0 Å². The molecule has 0 aromatic heterocycles. The van der Waals surface area contributed by atoms with Crippen molar-refractivity contribution in [1.29, 1.82) is 0 Å². The van der Waals surface area contributed by atoms with Gasteiger partial charge in [-0.3, -0.25) is 4.79 Å². The summed E-state index contributed by atoms with van der Waals surface area (Å²) >= 11 is 0. The van der Waals surface area contributed by atoms with Crippen molar-refractivity contribution in [2.24, 2.45) is 5.92 Å². The SMILES string of the molecule is CCN1CCN(C(=O)CC[C@H]2CC[C@@H](OC(C)C)CC2)CC1. The van der Waals surface area contributed by atoms with Crippen LogP contribution < -0.4 is 0 Å². The minimum Gasteiger partial charge on any atom is -0.376 e. The van der Waals surface area contributed by atoms with Crippen LogP contribution in [0.25, 0.3) is 0 Å². The van der Waals surface area contributed by atoms with Gasteiger partial charge in [-0.25, -0.2) is 0 Å². The van der Waals surface area contributed by atoms with Gasteiger partial charge in [0, 0.05) is 32.6 Å². The lowest BCUT2D eigenvalue weighted by atomic mass is 9.84. The van der Waals surface area contributed by atoms with E-state index in [0.29, 0.717) is 18.1 Å². The van der Waals surface area contributed by atoms with Crippen molar-refractivity contribution in [2.45, 2.75) is 71.5 Å². The summed E-state index contributed by atoms with van der Waals surface area (Å²) in [5.74, 6) is 1.10. The van der Waals surface area contributed by atoms with Crippen LogP contribution in [0.15, 0.2) is 0 Å². The Labute approximate surface area is 136 Å². The van der Waals surface area contributed by atoms with E-state index in [9.17, 15) is 4.79 Å². The molecule has 1 aliphatic carbocycles. The number of carbonyl (C=O) groups is 1. The molecule has 0 aromatic rings. The van der Waals surface area contributed by atoms with E-state index in [2.05, 4.69) is 30.6 Å². The van der Waals surface area contributed by atoms with Crippen LogP contribution in [0.1, 0.15) is 59.3 Å². The predicted molar refractivity (Wildman–Crippen MR) is 89.9 cm³/mol. The van der Waals surface area contributed by atoms with Gasteiger partial charge in [-0.2, -0.15) is 0 Å². The summed E-state index contributed by atoms with van der Waals surface area (Å²) in [6.45, 7) is 11.4. The van der Waals surface area contributed by atoms with Gasteiger partial charge in [-0.15, -0.1) is 0 Å². The molecule has 0 radical (unpaired) electrons. The molecule has 0 aromatic carbocycles. The van der Waals surface area contributed by atoms with Crippen LogP contribution >= 0.6 is 0 Å². The molecule has 0 unspecified atom stereocenters. The average Bonchev–Trinajstić information content (AvgIpc) is 2.53. The average molecular weight is 310 g/mol. The highest BCUT2D eigenvalue weighted by Crippen LogP contribution is 2.30. The molecular formula is C18H34N2O2. The van der Waals surface area contributed by atoms with E-state index < -0.39 is 0 Å². The first-order valence-corrected chi connectivity index (χ1v) is 9.24. The molecule has 2 fully saturated rings. The molecule has 2 rings (SSSR count). The third kappa shape index (κ3) is 5.54. The zero-order valence-corrected chi connectivity index (χ0v) is 14.7. The fourth-order valence-electron chi connectivity index (χ4n) is 3.74. The molecule has 22 heavy (non-hydrogen) atoms. The Hall–Kier alpha value is -0.610. The van der Waals surface area contributed by atoms with Gasteiger partial charge in [0.05, 0.1) is 12.2 Å². The van der Waals surface area contributed by atoms with E-state index in [1.54, 1.807) is 0 Å². The molecular weight excluding hydrogens is 276 g/mol. The zero-order chi connectivity index (χ0) is 15.9. The largest absolute Gasteiger partial charge is 0.376 e. The van der Waals surface area contributed by atoms with Crippen LogP contribution in [0.5, 0.6) is 0 Å². The van der Waals surface area contributed by atoms with Crippen LogP contribution in [0, 0.1) is 5.92 Å². The lowest BCUT2D eigenvalue weighted by Gasteiger charge is -2.34. The smallest absolute Gasteiger partial charge is 0.222 e. The monoisotopic (exact) mass is 310 g/mol. The quantitative estimate of drug-likeness (QED) is 0.756. The van der Waals surface area contributed by atoms with E-state index in [0.717, 1.165) is 51.5 Å². The van der Waals surface area contributed by atoms with Crippen LogP contribution in [0.2, 0.25) is 0 Å². The van der Waals surface area contributed by atoms with Crippen molar-refractivity contribution >= 4 is 5.91 Å². The van der Waals surface area contributed by atoms with Crippen molar-refractivity contribution in [1.82, 2.24) is 9.80 Å². The van der Waals surface area contributed by atoms with E-state index in [1.165, 1.54) is 25.7 Å². The summed E-state index contributed by atoms with van der Waals surface area (Å²) in [6, 6.07) is 0. The van der Waals surface area contributed by atoms with Gasteiger partial charge in [-0.05, 0) is 58.4 Å². The molecule has 0 atom stereocenters. The first kappa shape index (κ1) is 17.7. The number of ether oxygens (including phenoxy) is 1. The molecule has 1 amide bonds. The molecule has 1 saturated heterocycles. The maximum Gasteiger partial charge on any atom is 0.222 e. The van der Waals surface area contributed by atoms with Crippen LogP contribution in [0.3, 0.4) is 0 Å². The highest BCUT2D eigenvalue weighted by atomic mass is 16.5. The summed E-state index contributed by atoms with van der Waals surface area (Å²) in [6.07, 6.45) is 7.41. The summed E-state index contributed by atoms with van der Waals surface area (Å²) < 4.78 is 5.90. The molecule has 4 heteroatoms. The topological polar surface area (TPSA) is 32.8 Å². The lowest BCUT2D eigenvalue weighted by Crippen LogP contribution is -2.48. The van der Waals surface area contributed by atoms with Crippen LogP contribution in [0.4, 0.5) is 0 Å². The molecule has 1 heterocycles. The highest BCUT2D eigenvalue weighted by Gasteiger charge is 2.24. The molecule has 0 bridgehead atoms. The molecule has 1 saturated carbocycles. The van der Waals surface area contributed by atoms with Gasteiger partial charge < -0.3 is 14.5 Å². The van der Waals surface area contributed by atoms with Crippen molar-refractivity contribution in [3.8, 4) is 0 Å². The number of piperazine rings is 1. The summed E-state index contributed by atoms with van der Waals surface area (Å²) in [5.41, 5.74) is 0. The van der Waals surface area contributed by atoms with Crippen molar-refractivity contribution in [3.63, 3.8) is 0 Å². The predicted octanol–water partition coefficient (Wildman–Crippen LogP) is 2.91. The lowest BCUT2D eigenvalue weighted by molar-refractivity contribution is -0.133. The number of hydrogen-bond donors (Lipinski definition) is 0. The first-order valence-electron chi connectivity index (χ1n) is 9.24. The van der Waals surface area contributed by atoms with Crippen molar-refractivity contribution < 1.29 is 9.53 Å². The Morgan fingerprint density at radius 1 is 1.09 bits per heavy atom. The van der Waals surface area contributed by atoms with Gasteiger partial charge in [0.2, 0.25) is 5.91 Å². The normalized spacial score (nSPS) is 27.4. The van der Waals surface area contributed by atoms with Crippen LogP contribution in [-0.4, -0.2) is 60.6 Å². The third-order valence-electron chi connectivity index (χ3n) is 5.20. The maximum atomic E-state index is 12.3. The van der Waals surface area contributed by atoms with E-state index in [-0.39, 0.29) is 0 Å². The minimum atomic E-state index is 0.338. The summed E-state index contributed by atoms with van der Waals surface area (Å²) in [5, 5.41) is 0. The Morgan fingerprint density at radius 2 is 1.73 bits per heavy atom. The maximum absolute atomic E-state index is 12.3. The zero-order valence-electron chi connectivity index (χ0n) is 14.7. The van der Waals surface area contributed by atoms with E-state index in [4.69, 9.17) is 4.74 Å². The number of likely N-dealkylation sites (N-methyl/N-ethyl adjacent to an activating group) is 1. The van der Waals surface area contributed by atoms with E-state index >= 15 is 0 Å². The first-order chi connectivity index (χ1) is 10.6. The second kappa shape index (κ2) is 8.88. The van der Waals surface area contributed by atoms with E-state index in [1.807, 2.05) is 0 Å². The fraction of sp³-hybridized carbons (Fsp3) is 0.944. The molecule has 2 aliphatic rings. The summed E-state index contributed by atoms with van der Waals surface area (Å²) in [4.78, 5) is 16.8. The number of carbonyl (C=O) groups excluding carboxylic acids is 1. The Bertz CT molecular complexity index is 330. The number of amides is 1. The number of hydrogen-bond acceptors (Lipinski definition) is 3. The van der Waals surface area contributed by atoms with Crippen LogP contribution in [-0.2, 0) is 9.53 Å². The van der Waals surface area contributed by atoms with Gasteiger partial charge in [0.1, 0.15) is 0 Å². The molecule has 128 valence electrons. The fourth-order valence-corrected chi connectivity index (χ4v) is 3.74. The highest BCUT2D eigenvalue weighted by molar-refractivity contribution is 5.76. The van der Waals surface area contributed by atoms with Gasteiger partial charge in [0.15, 0.2) is 0 Å². The van der Waals surface area contributed by atoms with Gasteiger partial charge in [0.25, 0.3) is 0 Å². The number of nitrogens with zero attached hydrogens (tertiary/aromatic N) is 2. The second-order valence-electron chi connectivity index (χ2n) is 7.18. The van der Waals surface area contributed by atoms with Crippen molar-refractivity contribution in [2.75, 3.05) is 32.7 Å². The molecule has 4 nitrogen and oxygen atoms in total. The Kier molecular flexibility index (Phi) is 7.16. The molecule has 1 aliphatic heterocycles. The second-order valence-corrected chi connectivity index (χ2v) is 7.18. The molecule has 0 N–H and O–H groups in total. The van der Waals surface area contributed by atoms with Gasteiger partial charge in [-0.1, -0.05) is 6.92 Å². The minimum absolute atomic E-state index is 0.338. The Balaban J connectivity index is 1.61. The molecule has 0 spiro atoms. The number of rotatable bonds is 6. The van der Waals surface area contributed by atoms with Gasteiger partial charge >= 0.3 is 0 Å². The third-order valence-corrected chi connectivity index (χ3v) is 5.20.